The van der Waals surface area contributed by atoms with Crippen molar-refractivity contribution in [2.45, 2.75) is 70.6 Å². The first kappa shape index (κ1) is 26.7. The molecule has 32 heavy (non-hydrogen) atoms. The number of hydrogen-bond acceptors (Lipinski definition) is 3. The summed E-state index contributed by atoms with van der Waals surface area (Å²) in [5, 5.41) is 16.8. The van der Waals surface area contributed by atoms with E-state index in [1.54, 1.807) is 0 Å². The number of carbonyl (C=O) groups excluding carboxylic acids is 1. The molecule has 0 fully saturated rings. The van der Waals surface area contributed by atoms with Crippen LogP contribution in [0.2, 0.25) is 0 Å². The summed E-state index contributed by atoms with van der Waals surface area (Å²) in [4.78, 5) is 12.5. The highest BCUT2D eigenvalue weighted by Gasteiger charge is 2.22. The lowest BCUT2D eigenvalue weighted by atomic mass is 10.00. The van der Waals surface area contributed by atoms with Crippen LogP contribution in [-0.4, -0.2) is 29.7 Å². The Labute approximate surface area is 203 Å². The topological polar surface area (TPSA) is 61.4 Å². The number of nitrogens with one attached hydrogen (secondary N) is 2. The van der Waals surface area contributed by atoms with Crippen LogP contribution in [0.15, 0.2) is 42.5 Å². The minimum Gasteiger partial charge on any atom is -0.390 e. The molecule has 7 heteroatoms. The van der Waals surface area contributed by atoms with E-state index in [0.717, 1.165) is 47.3 Å². The van der Waals surface area contributed by atoms with Gasteiger partial charge in [-0.15, -0.1) is 0 Å². The smallest absolute Gasteiger partial charge is 0.220 e. The second-order valence-corrected chi connectivity index (χ2v) is 9.39. The van der Waals surface area contributed by atoms with Gasteiger partial charge in [-0.05, 0) is 70.8 Å². The third-order valence-corrected chi connectivity index (χ3v) is 5.94. The third-order valence-electron chi connectivity index (χ3n) is 5.27. The van der Waals surface area contributed by atoms with Gasteiger partial charge in [0.15, 0.2) is 0 Å². The number of aliphatic hydroxyl groups excluding tert-OH is 1. The van der Waals surface area contributed by atoms with E-state index in [9.17, 15) is 18.7 Å². The van der Waals surface area contributed by atoms with Crippen molar-refractivity contribution >= 4 is 28.5 Å². The van der Waals surface area contributed by atoms with Gasteiger partial charge in [-0.25, -0.2) is 8.78 Å². The van der Waals surface area contributed by atoms with Gasteiger partial charge >= 0.3 is 0 Å². The van der Waals surface area contributed by atoms with Crippen molar-refractivity contribution in [2.75, 3.05) is 6.54 Å². The van der Waals surface area contributed by atoms with Gasteiger partial charge in [0.05, 0.1) is 12.1 Å². The van der Waals surface area contributed by atoms with Gasteiger partial charge < -0.3 is 15.7 Å². The molecule has 2 unspecified atom stereocenters. The van der Waals surface area contributed by atoms with Gasteiger partial charge in [0, 0.05) is 29.1 Å². The average Bonchev–Trinajstić information content (AvgIpc) is 2.72. The fraction of sp³-hybridized carbons (Fsp3) is 0.480. The van der Waals surface area contributed by atoms with Crippen molar-refractivity contribution in [3.63, 3.8) is 0 Å². The van der Waals surface area contributed by atoms with Gasteiger partial charge in [0.25, 0.3) is 0 Å². The Kier molecular flexibility index (Phi) is 12.1. The molecule has 0 radical (unpaired) electrons. The molecule has 1 amide bonds. The highest BCUT2D eigenvalue weighted by atomic mass is 127. The Balaban J connectivity index is 1.95. The van der Waals surface area contributed by atoms with E-state index < -0.39 is 23.8 Å². The van der Waals surface area contributed by atoms with Crippen molar-refractivity contribution < 1.29 is 18.7 Å². The summed E-state index contributed by atoms with van der Waals surface area (Å²) in [7, 11) is 0. The Hall–Kier alpha value is -1.58. The molecule has 0 aliphatic rings. The zero-order valence-corrected chi connectivity index (χ0v) is 20.7. The second kappa shape index (κ2) is 14.5. The molecule has 4 nitrogen and oxygen atoms in total. The number of halogens is 3. The molecule has 0 saturated heterocycles. The molecule has 0 aromatic heterocycles. The second-order valence-electron chi connectivity index (χ2n) is 8.15. The number of rotatable bonds is 14. The minimum absolute atomic E-state index is 0.141. The van der Waals surface area contributed by atoms with E-state index in [2.05, 4.69) is 40.1 Å². The first-order chi connectivity index (χ1) is 15.4. The Morgan fingerprint density at radius 3 is 2.44 bits per heavy atom. The van der Waals surface area contributed by atoms with Crippen molar-refractivity contribution in [3.05, 3.63) is 68.8 Å². The Morgan fingerprint density at radius 2 is 1.75 bits per heavy atom. The molecule has 0 saturated carbocycles. The summed E-state index contributed by atoms with van der Waals surface area (Å²) in [5.74, 6) is -1.50. The maximum absolute atomic E-state index is 13.6. The van der Waals surface area contributed by atoms with Crippen LogP contribution in [-0.2, 0) is 17.8 Å². The highest BCUT2D eigenvalue weighted by Crippen LogP contribution is 2.13. The number of benzene rings is 2. The fourth-order valence-corrected chi connectivity index (χ4v) is 4.20. The Bertz CT molecular complexity index is 830. The van der Waals surface area contributed by atoms with Gasteiger partial charge in [0.2, 0.25) is 5.91 Å². The Morgan fingerprint density at radius 1 is 1.03 bits per heavy atom. The summed E-state index contributed by atoms with van der Waals surface area (Å²) in [5.41, 5.74) is 1.48. The molecule has 2 rings (SSSR count). The zero-order chi connectivity index (χ0) is 23.3. The largest absolute Gasteiger partial charge is 0.390 e. The fourth-order valence-electron chi connectivity index (χ4n) is 3.59. The number of aliphatic hydroxyl groups is 1. The van der Waals surface area contributed by atoms with E-state index in [4.69, 9.17) is 0 Å². The first-order valence-corrected chi connectivity index (χ1v) is 12.3. The maximum atomic E-state index is 13.6. The van der Waals surface area contributed by atoms with Crippen LogP contribution in [0.25, 0.3) is 0 Å². The lowest BCUT2D eigenvalue weighted by molar-refractivity contribution is -0.122. The first-order valence-electron chi connectivity index (χ1n) is 11.2. The quantitative estimate of drug-likeness (QED) is 0.223. The average molecular weight is 558 g/mol. The summed E-state index contributed by atoms with van der Waals surface area (Å²) in [6.45, 7) is 2.95. The SMILES string of the molecule is CCCCCCCC(=O)NC(Cc1cc(F)cc(F)c1)C(O)CNCc1cccc(I)c1. The van der Waals surface area contributed by atoms with Crippen LogP contribution in [0.3, 0.4) is 0 Å². The van der Waals surface area contributed by atoms with Gasteiger partial charge in [-0.2, -0.15) is 0 Å². The molecule has 2 aromatic rings. The van der Waals surface area contributed by atoms with E-state index in [0.29, 0.717) is 18.5 Å². The molecule has 176 valence electrons. The van der Waals surface area contributed by atoms with Crippen LogP contribution in [0.4, 0.5) is 8.78 Å². The number of unbranched alkanes of at least 4 members (excludes halogenated alkanes) is 4. The van der Waals surface area contributed by atoms with E-state index in [-0.39, 0.29) is 18.9 Å². The summed E-state index contributed by atoms with van der Waals surface area (Å²) < 4.78 is 28.4. The monoisotopic (exact) mass is 558 g/mol. The molecule has 3 N–H and O–H groups in total. The van der Waals surface area contributed by atoms with Crippen LogP contribution in [0, 0.1) is 15.2 Å². The van der Waals surface area contributed by atoms with Crippen LogP contribution >= 0.6 is 22.6 Å². The highest BCUT2D eigenvalue weighted by molar-refractivity contribution is 14.1. The molecule has 2 atom stereocenters. The number of hydrogen-bond donors (Lipinski definition) is 3. The summed E-state index contributed by atoms with van der Waals surface area (Å²) >= 11 is 2.24. The van der Waals surface area contributed by atoms with Crippen LogP contribution in [0.5, 0.6) is 0 Å². The van der Waals surface area contributed by atoms with E-state index in [1.807, 2.05) is 24.3 Å². The van der Waals surface area contributed by atoms with Gasteiger partial charge in [-0.1, -0.05) is 44.7 Å². The predicted molar refractivity (Wildman–Crippen MR) is 132 cm³/mol. The van der Waals surface area contributed by atoms with Crippen LogP contribution in [0.1, 0.15) is 56.6 Å². The lowest BCUT2D eigenvalue weighted by Gasteiger charge is -2.25. The standard InChI is InChI=1S/C25H33F2IN2O2/c1-2-3-4-5-6-10-25(32)30-23(14-19-11-20(26)15-21(27)12-19)24(31)17-29-16-18-8-7-9-22(28)13-18/h7-9,11-13,15,23-24,29,31H,2-6,10,14,16-17H2,1H3,(H,30,32). The van der Waals surface area contributed by atoms with E-state index in [1.165, 1.54) is 12.1 Å². The molecular weight excluding hydrogens is 525 g/mol. The van der Waals surface area contributed by atoms with Crippen molar-refractivity contribution in [1.29, 1.82) is 0 Å². The number of carbonyl (C=O) groups is 1. The predicted octanol–water partition coefficient (Wildman–Crippen LogP) is 5.11. The zero-order valence-electron chi connectivity index (χ0n) is 18.5. The summed E-state index contributed by atoms with van der Waals surface area (Å²) in [6, 6.07) is 10.7. The lowest BCUT2D eigenvalue weighted by Crippen LogP contribution is -2.48. The minimum atomic E-state index is -0.909. The molecule has 0 aliphatic carbocycles. The van der Waals surface area contributed by atoms with Gasteiger partial charge in [-0.3, -0.25) is 4.79 Å². The third kappa shape index (κ3) is 10.4. The maximum Gasteiger partial charge on any atom is 0.220 e. The normalized spacial score (nSPS) is 13.0. The van der Waals surface area contributed by atoms with Crippen LogP contribution < -0.4 is 10.6 Å². The van der Waals surface area contributed by atoms with Crippen molar-refractivity contribution in [1.82, 2.24) is 10.6 Å². The van der Waals surface area contributed by atoms with Crippen molar-refractivity contribution in [3.8, 4) is 0 Å². The molecule has 0 spiro atoms. The molecule has 0 heterocycles. The molecule has 2 aromatic carbocycles. The molecular formula is C25H33F2IN2O2. The van der Waals surface area contributed by atoms with E-state index >= 15 is 0 Å². The van der Waals surface area contributed by atoms with Crippen molar-refractivity contribution in [2.24, 2.45) is 0 Å². The summed E-state index contributed by atoms with van der Waals surface area (Å²) in [6.07, 6.45) is 4.77. The molecule has 0 bridgehead atoms. The number of amides is 1. The van der Waals surface area contributed by atoms with Gasteiger partial charge in [0.1, 0.15) is 11.6 Å². The molecule has 0 aliphatic heterocycles.